The van der Waals surface area contributed by atoms with E-state index in [-0.39, 0.29) is 24.5 Å². The highest BCUT2D eigenvalue weighted by atomic mass is 32.2. The molecule has 2 amide bonds. The molecule has 2 N–H and O–H groups in total. The molecule has 2 fully saturated rings. The Morgan fingerprint density at radius 2 is 2.16 bits per heavy atom. The van der Waals surface area contributed by atoms with Gasteiger partial charge in [-0.1, -0.05) is 0 Å². The molecule has 1 saturated heterocycles. The zero-order chi connectivity index (χ0) is 13.8. The molecule has 0 bridgehead atoms. The number of amides is 2. The van der Waals surface area contributed by atoms with E-state index in [1.165, 1.54) is 0 Å². The number of aliphatic carboxylic acids is 1. The Kier molecular flexibility index (Phi) is 4.96. The summed E-state index contributed by atoms with van der Waals surface area (Å²) < 4.78 is 0. The van der Waals surface area contributed by atoms with E-state index >= 15 is 0 Å². The monoisotopic (exact) mass is 286 g/mol. The summed E-state index contributed by atoms with van der Waals surface area (Å²) in [6, 6.07) is 0.0572. The van der Waals surface area contributed by atoms with E-state index < -0.39 is 5.97 Å². The Morgan fingerprint density at radius 3 is 2.79 bits per heavy atom. The summed E-state index contributed by atoms with van der Waals surface area (Å²) in [6.45, 7) is 0.683. The largest absolute Gasteiger partial charge is 0.481 e. The van der Waals surface area contributed by atoms with Crippen molar-refractivity contribution in [3.8, 4) is 0 Å². The van der Waals surface area contributed by atoms with E-state index in [0.29, 0.717) is 11.8 Å². The Morgan fingerprint density at radius 1 is 1.37 bits per heavy atom. The van der Waals surface area contributed by atoms with Gasteiger partial charge >= 0.3 is 12.0 Å². The predicted molar refractivity (Wildman–Crippen MR) is 75.5 cm³/mol. The van der Waals surface area contributed by atoms with Gasteiger partial charge in [-0.15, -0.1) is 0 Å². The van der Waals surface area contributed by atoms with Gasteiger partial charge in [0.05, 0.1) is 6.42 Å². The smallest absolute Gasteiger partial charge is 0.317 e. The summed E-state index contributed by atoms with van der Waals surface area (Å²) in [6.07, 6.45) is 7.11. The first-order valence-corrected chi connectivity index (χ1v) is 8.20. The van der Waals surface area contributed by atoms with Crippen molar-refractivity contribution in [3.05, 3.63) is 0 Å². The van der Waals surface area contributed by atoms with Crippen molar-refractivity contribution in [2.45, 2.75) is 55.9 Å². The van der Waals surface area contributed by atoms with Crippen LogP contribution in [0.4, 0.5) is 4.79 Å². The first-order chi connectivity index (χ1) is 9.10. The molecule has 2 aliphatic rings. The number of rotatable bonds is 4. The van der Waals surface area contributed by atoms with Gasteiger partial charge in [-0.3, -0.25) is 4.79 Å². The van der Waals surface area contributed by atoms with Gasteiger partial charge in [0.1, 0.15) is 0 Å². The van der Waals surface area contributed by atoms with Crippen molar-refractivity contribution in [1.29, 1.82) is 0 Å². The minimum Gasteiger partial charge on any atom is -0.481 e. The molecule has 108 valence electrons. The Labute approximate surface area is 118 Å². The van der Waals surface area contributed by atoms with Gasteiger partial charge in [-0.2, -0.15) is 11.8 Å². The van der Waals surface area contributed by atoms with E-state index in [1.807, 2.05) is 11.8 Å². The minimum atomic E-state index is -0.826. The van der Waals surface area contributed by atoms with Crippen molar-refractivity contribution in [2.24, 2.45) is 0 Å². The number of carboxylic acids is 1. The lowest BCUT2D eigenvalue weighted by molar-refractivity contribution is -0.137. The lowest BCUT2D eigenvalue weighted by atomic mass is 10.1. The van der Waals surface area contributed by atoms with Crippen molar-refractivity contribution >= 4 is 23.8 Å². The average molecular weight is 286 g/mol. The molecule has 0 aromatic rings. The van der Waals surface area contributed by atoms with Gasteiger partial charge in [0.2, 0.25) is 0 Å². The molecule has 1 aliphatic heterocycles. The number of carboxylic acid groups (broad SMARTS) is 1. The summed E-state index contributed by atoms with van der Waals surface area (Å²) in [4.78, 5) is 24.7. The zero-order valence-corrected chi connectivity index (χ0v) is 12.1. The van der Waals surface area contributed by atoms with Crippen LogP contribution in [0.3, 0.4) is 0 Å². The Bertz CT molecular complexity index is 351. The second kappa shape index (κ2) is 6.50. The molecule has 19 heavy (non-hydrogen) atoms. The second-order valence-electron chi connectivity index (χ2n) is 5.40. The molecule has 0 aromatic carbocycles. The maximum atomic E-state index is 12.2. The number of thioether (sulfide) groups is 1. The Hall–Kier alpha value is -0.910. The molecular formula is C13H22N2O3S. The van der Waals surface area contributed by atoms with Gasteiger partial charge in [-0.25, -0.2) is 4.79 Å². The summed E-state index contributed by atoms with van der Waals surface area (Å²) in [5, 5.41) is 12.6. The summed E-state index contributed by atoms with van der Waals surface area (Å²) >= 11 is 1.86. The lowest BCUT2D eigenvalue weighted by Gasteiger charge is -2.25. The average Bonchev–Trinajstić information content (AvgIpc) is 2.97. The zero-order valence-electron chi connectivity index (χ0n) is 11.3. The SMILES string of the molecule is CSC1CCC(NC(=O)N2CCCC2CC(=O)O)C1. The normalized spacial score (nSPS) is 30.6. The maximum Gasteiger partial charge on any atom is 0.317 e. The van der Waals surface area contributed by atoms with Crippen molar-refractivity contribution in [2.75, 3.05) is 12.8 Å². The van der Waals surface area contributed by atoms with Gasteiger partial charge in [0, 0.05) is 23.9 Å². The number of hydrogen-bond donors (Lipinski definition) is 2. The molecule has 1 heterocycles. The molecule has 3 unspecified atom stereocenters. The standard InChI is InChI=1S/C13H22N2O3S/c1-19-11-5-4-9(7-11)14-13(18)15-6-2-3-10(15)8-12(16)17/h9-11H,2-8H2,1H3,(H,14,18)(H,16,17). The number of nitrogens with zero attached hydrogens (tertiary/aromatic N) is 1. The van der Waals surface area contributed by atoms with Crippen molar-refractivity contribution in [3.63, 3.8) is 0 Å². The minimum absolute atomic E-state index is 0.0610. The molecule has 0 aromatic heterocycles. The van der Waals surface area contributed by atoms with Crippen LogP contribution in [0.1, 0.15) is 38.5 Å². The molecular weight excluding hydrogens is 264 g/mol. The van der Waals surface area contributed by atoms with Crippen molar-refractivity contribution in [1.82, 2.24) is 10.2 Å². The highest BCUT2D eigenvalue weighted by Crippen LogP contribution is 2.28. The van der Waals surface area contributed by atoms with Crippen LogP contribution in [-0.4, -0.2) is 52.1 Å². The molecule has 1 aliphatic carbocycles. The third-order valence-electron chi connectivity index (χ3n) is 4.09. The summed E-state index contributed by atoms with van der Waals surface area (Å²) in [7, 11) is 0. The van der Waals surface area contributed by atoms with E-state index in [4.69, 9.17) is 5.11 Å². The molecule has 6 heteroatoms. The third-order valence-corrected chi connectivity index (χ3v) is 5.19. The first kappa shape index (κ1) is 14.5. The fourth-order valence-corrected chi connectivity index (χ4v) is 3.86. The van der Waals surface area contributed by atoms with Gasteiger partial charge < -0.3 is 15.3 Å². The number of carbonyl (C=O) groups excluding carboxylic acids is 1. The third kappa shape index (κ3) is 3.78. The molecule has 1 saturated carbocycles. The molecule has 5 nitrogen and oxygen atoms in total. The summed E-state index contributed by atoms with van der Waals surface area (Å²) in [5.41, 5.74) is 0. The quantitative estimate of drug-likeness (QED) is 0.828. The number of urea groups is 1. The van der Waals surface area contributed by atoms with Crippen LogP contribution in [0.15, 0.2) is 0 Å². The van der Waals surface area contributed by atoms with Gasteiger partial charge in [0.15, 0.2) is 0 Å². The molecule has 3 atom stereocenters. The highest BCUT2D eigenvalue weighted by molar-refractivity contribution is 7.99. The van der Waals surface area contributed by atoms with Crippen LogP contribution < -0.4 is 5.32 Å². The van der Waals surface area contributed by atoms with Crippen LogP contribution >= 0.6 is 11.8 Å². The van der Waals surface area contributed by atoms with E-state index in [0.717, 1.165) is 32.1 Å². The van der Waals surface area contributed by atoms with Crippen LogP contribution in [0.2, 0.25) is 0 Å². The first-order valence-electron chi connectivity index (χ1n) is 6.92. The number of carbonyl (C=O) groups is 2. The molecule has 2 rings (SSSR count). The molecule has 0 spiro atoms. The lowest BCUT2D eigenvalue weighted by Crippen LogP contribution is -2.46. The summed E-state index contributed by atoms with van der Waals surface area (Å²) in [5.74, 6) is -0.826. The van der Waals surface area contributed by atoms with Gasteiger partial charge in [0.25, 0.3) is 0 Å². The van der Waals surface area contributed by atoms with E-state index in [9.17, 15) is 9.59 Å². The van der Waals surface area contributed by atoms with Crippen LogP contribution in [0.25, 0.3) is 0 Å². The fraction of sp³-hybridized carbons (Fsp3) is 0.846. The van der Waals surface area contributed by atoms with E-state index in [1.54, 1.807) is 4.90 Å². The fourth-order valence-electron chi connectivity index (χ4n) is 3.06. The number of likely N-dealkylation sites (tertiary alicyclic amines) is 1. The number of hydrogen-bond acceptors (Lipinski definition) is 3. The maximum absolute atomic E-state index is 12.2. The predicted octanol–water partition coefficient (Wildman–Crippen LogP) is 1.92. The van der Waals surface area contributed by atoms with Gasteiger partial charge in [-0.05, 0) is 38.4 Å². The van der Waals surface area contributed by atoms with Crippen LogP contribution in [-0.2, 0) is 4.79 Å². The Balaban J connectivity index is 1.83. The van der Waals surface area contributed by atoms with Crippen molar-refractivity contribution < 1.29 is 14.7 Å². The van der Waals surface area contributed by atoms with E-state index in [2.05, 4.69) is 11.6 Å². The second-order valence-corrected chi connectivity index (χ2v) is 6.54. The number of nitrogens with one attached hydrogen (secondary N) is 1. The van der Waals surface area contributed by atoms with Crippen LogP contribution in [0.5, 0.6) is 0 Å². The molecule has 0 radical (unpaired) electrons. The van der Waals surface area contributed by atoms with Crippen LogP contribution in [0, 0.1) is 0 Å². The highest BCUT2D eigenvalue weighted by Gasteiger charge is 2.32. The topological polar surface area (TPSA) is 69.6 Å².